The summed E-state index contributed by atoms with van der Waals surface area (Å²) in [4.78, 5) is 20.5. The first-order valence-electron chi connectivity index (χ1n) is 7.66. The normalized spacial score (nSPS) is 11.7. The minimum Gasteiger partial charge on any atom is -0.423 e. The molecule has 2 aromatic carbocycles. The van der Waals surface area contributed by atoms with Gasteiger partial charge in [-0.1, -0.05) is 30.3 Å². The number of esters is 1. The molecule has 4 aromatic rings. The zero-order valence-electron chi connectivity index (χ0n) is 13.3. The van der Waals surface area contributed by atoms with Gasteiger partial charge in [0.05, 0.1) is 10.2 Å². The van der Waals surface area contributed by atoms with Crippen LogP contribution in [0, 0.1) is 0 Å². The third kappa shape index (κ3) is 3.16. The minimum absolute atomic E-state index is 0.0910. The zero-order valence-corrected chi connectivity index (χ0v) is 15.0. The highest BCUT2D eigenvalue weighted by atomic mass is 32.2. The first-order valence-corrected chi connectivity index (χ1v) is 10.1. The largest absolute Gasteiger partial charge is 0.423 e. The number of carbonyl (C=O) groups excluding carboxylic acids is 1. The quantitative estimate of drug-likeness (QED) is 0.397. The second-order valence-electron chi connectivity index (χ2n) is 5.51. The number of hydrogen-bond acceptors (Lipinski definition) is 7. The van der Waals surface area contributed by atoms with Crippen LogP contribution in [0.25, 0.3) is 21.1 Å². The van der Waals surface area contributed by atoms with Crippen LogP contribution >= 0.6 is 11.3 Å². The van der Waals surface area contributed by atoms with Gasteiger partial charge in [0.2, 0.25) is 14.2 Å². The third-order valence-electron chi connectivity index (χ3n) is 3.67. The molecular formula is C18H12N2O4S2. The molecule has 0 unspecified atom stereocenters. The number of nitrogens with zero attached hydrogens (tertiary/aromatic N) is 2. The molecule has 0 atom stereocenters. The maximum atomic E-state index is 12.5. The van der Waals surface area contributed by atoms with Crippen LogP contribution in [-0.4, -0.2) is 30.1 Å². The Morgan fingerprint density at radius 2 is 1.85 bits per heavy atom. The van der Waals surface area contributed by atoms with Crippen molar-refractivity contribution < 1.29 is 17.9 Å². The molecule has 130 valence electrons. The standard InChI is InChI=1S/C18H12N2O4S2/c21-16(24-14-8-3-5-12-6-4-10-19-17(12)14)11-26(22,23)18-20-13-7-1-2-9-15(13)25-18/h1-10H,11H2. The maximum absolute atomic E-state index is 12.5. The number of fused-ring (bicyclic) bond motifs is 2. The van der Waals surface area contributed by atoms with Crippen LogP contribution in [0.5, 0.6) is 5.75 Å². The first-order chi connectivity index (χ1) is 12.5. The molecule has 0 spiro atoms. The van der Waals surface area contributed by atoms with Crippen LogP contribution in [0.2, 0.25) is 0 Å². The van der Waals surface area contributed by atoms with Gasteiger partial charge >= 0.3 is 5.97 Å². The van der Waals surface area contributed by atoms with E-state index in [4.69, 9.17) is 4.74 Å². The van der Waals surface area contributed by atoms with Gasteiger partial charge in [0.1, 0.15) is 5.52 Å². The lowest BCUT2D eigenvalue weighted by atomic mass is 10.2. The molecule has 2 heterocycles. The molecule has 0 radical (unpaired) electrons. The molecule has 8 heteroatoms. The van der Waals surface area contributed by atoms with E-state index in [1.54, 1.807) is 48.7 Å². The summed E-state index contributed by atoms with van der Waals surface area (Å²) in [6.45, 7) is 0. The Balaban J connectivity index is 1.58. The highest BCUT2D eigenvalue weighted by Gasteiger charge is 2.25. The van der Waals surface area contributed by atoms with E-state index in [-0.39, 0.29) is 10.1 Å². The lowest BCUT2D eigenvalue weighted by Crippen LogP contribution is -2.21. The summed E-state index contributed by atoms with van der Waals surface area (Å²) in [6.07, 6.45) is 1.58. The Morgan fingerprint density at radius 3 is 2.69 bits per heavy atom. The number of hydrogen-bond donors (Lipinski definition) is 0. The molecule has 0 fully saturated rings. The van der Waals surface area contributed by atoms with Crippen molar-refractivity contribution >= 4 is 48.3 Å². The Labute approximate surface area is 153 Å². The second kappa shape index (κ2) is 6.47. The van der Waals surface area contributed by atoms with E-state index in [9.17, 15) is 13.2 Å². The molecule has 0 aliphatic carbocycles. The lowest BCUT2D eigenvalue weighted by molar-refractivity contribution is -0.131. The third-order valence-corrected chi connectivity index (χ3v) is 6.75. The van der Waals surface area contributed by atoms with Crippen molar-refractivity contribution in [2.45, 2.75) is 4.34 Å². The van der Waals surface area contributed by atoms with E-state index < -0.39 is 21.6 Å². The molecule has 0 aliphatic rings. The van der Waals surface area contributed by atoms with Gasteiger partial charge < -0.3 is 4.74 Å². The van der Waals surface area contributed by atoms with Crippen LogP contribution in [0.15, 0.2) is 65.1 Å². The molecule has 0 N–H and O–H groups in total. The SMILES string of the molecule is O=C(CS(=O)(=O)c1nc2ccccc2s1)Oc1cccc2cccnc12. The van der Waals surface area contributed by atoms with Crippen molar-refractivity contribution in [2.24, 2.45) is 0 Å². The van der Waals surface area contributed by atoms with E-state index in [0.717, 1.165) is 21.4 Å². The summed E-state index contributed by atoms with van der Waals surface area (Å²) < 4.78 is 30.9. The van der Waals surface area contributed by atoms with Crippen molar-refractivity contribution in [3.05, 3.63) is 60.8 Å². The van der Waals surface area contributed by atoms with Gasteiger partial charge in [0.15, 0.2) is 11.5 Å². The van der Waals surface area contributed by atoms with E-state index in [2.05, 4.69) is 9.97 Å². The minimum atomic E-state index is -3.88. The smallest absolute Gasteiger partial charge is 0.327 e. The summed E-state index contributed by atoms with van der Waals surface area (Å²) in [6, 6.07) is 15.8. The van der Waals surface area contributed by atoms with Gasteiger partial charge in [-0.3, -0.25) is 9.78 Å². The van der Waals surface area contributed by atoms with E-state index in [0.29, 0.717) is 11.0 Å². The Kier molecular flexibility index (Phi) is 4.14. The molecule has 0 aliphatic heterocycles. The highest BCUT2D eigenvalue weighted by Crippen LogP contribution is 2.27. The van der Waals surface area contributed by atoms with Gasteiger partial charge in [0.25, 0.3) is 0 Å². The van der Waals surface area contributed by atoms with E-state index in [1.165, 1.54) is 0 Å². The van der Waals surface area contributed by atoms with Crippen molar-refractivity contribution in [1.29, 1.82) is 0 Å². The molecule has 4 rings (SSSR count). The lowest BCUT2D eigenvalue weighted by Gasteiger charge is -2.06. The van der Waals surface area contributed by atoms with Crippen molar-refractivity contribution in [3.63, 3.8) is 0 Å². The van der Waals surface area contributed by atoms with Crippen LogP contribution in [0.3, 0.4) is 0 Å². The molecule has 0 bridgehead atoms. The van der Waals surface area contributed by atoms with Crippen LogP contribution < -0.4 is 4.74 Å². The van der Waals surface area contributed by atoms with Gasteiger partial charge in [-0.2, -0.15) is 0 Å². The zero-order chi connectivity index (χ0) is 18.1. The molecule has 0 amide bonds. The van der Waals surface area contributed by atoms with Gasteiger partial charge in [0, 0.05) is 11.6 Å². The summed E-state index contributed by atoms with van der Waals surface area (Å²) in [7, 11) is -3.88. The Morgan fingerprint density at radius 1 is 1.04 bits per heavy atom. The summed E-state index contributed by atoms with van der Waals surface area (Å²) in [5.74, 6) is -1.43. The van der Waals surface area contributed by atoms with E-state index in [1.807, 2.05) is 12.1 Å². The van der Waals surface area contributed by atoms with Crippen molar-refractivity contribution in [1.82, 2.24) is 9.97 Å². The number of benzene rings is 2. The fourth-order valence-electron chi connectivity index (χ4n) is 2.51. The van der Waals surface area contributed by atoms with Gasteiger partial charge in [-0.05, 0) is 24.3 Å². The fourth-order valence-corrected chi connectivity index (χ4v) is 4.89. The summed E-state index contributed by atoms with van der Waals surface area (Å²) in [5, 5.41) is 0.798. The Hall–Kier alpha value is -2.84. The van der Waals surface area contributed by atoms with Gasteiger partial charge in [-0.15, -0.1) is 11.3 Å². The average Bonchev–Trinajstić information content (AvgIpc) is 3.07. The predicted molar refractivity (Wildman–Crippen MR) is 99.1 cm³/mol. The second-order valence-corrected chi connectivity index (χ2v) is 8.71. The molecular weight excluding hydrogens is 372 g/mol. The van der Waals surface area contributed by atoms with Crippen molar-refractivity contribution in [3.8, 4) is 5.75 Å². The highest BCUT2D eigenvalue weighted by molar-refractivity contribution is 7.94. The van der Waals surface area contributed by atoms with Gasteiger partial charge in [-0.25, -0.2) is 13.4 Å². The molecule has 6 nitrogen and oxygen atoms in total. The summed E-state index contributed by atoms with van der Waals surface area (Å²) in [5.41, 5.74) is 1.09. The maximum Gasteiger partial charge on any atom is 0.327 e. The number of carbonyl (C=O) groups is 1. The monoisotopic (exact) mass is 384 g/mol. The molecule has 2 aromatic heterocycles. The van der Waals surface area contributed by atoms with Crippen LogP contribution in [0.1, 0.15) is 0 Å². The number of para-hydroxylation sites is 2. The first kappa shape index (κ1) is 16.6. The molecule has 0 saturated carbocycles. The topological polar surface area (TPSA) is 86.2 Å². The number of sulfone groups is 1. The Bertz CT molecular complexity index is 1190. The average molecular weight is 384 g/mol. The molecule has 26 heavy (non-hydrogen) atoms. The summed E-state index contributed by atoms with van der Waals surface area (Å²) >= 11 is 1.04. The number of ether oxygens (including phenoxy) is 1. The number of pyridine rings is 1. The predicted octanol–water partition coefficient (Wildman–Crippen LogP) is 3.22. The number of aromatic nitrogens is 2. The van der Waals surface area contributed by atoms with Crippen molar-refractivity contribution in [2.75, 3.05) is 5.75 Å². The molecule has 0 saturated heterocycles. The van der Waals surface area contributed by atoms with E-state index >= 15 is 0 Å². The van der Waals surface area contributed by atoms with Crippen LogP contribution in [0.4, 0.5) is 0 Å². The number of rotatable bonds is 4. The number of thiazole rings is 1. The fraction of sp³-hybridized carbons (Fsp3) is 0.0556. The van der Waals surface area contributed by atoms with Crippen LogP contribution in [-0.2, 0) is 14.6 Å².